The van der Waals surface area contributed by atoms with Crippen molar-refractivity contribution in [1.82, 2.24) is 16.0 Å². The Hall–Kier alpha value is -5.10. The lowest BCUT2D eigenvalue weighted by Crippen LogP contribution is -2.23. The number of urea groups is 2. The van der Waals surface area contributed by atoms with Gasteiger partial charge in [0.15, 0.2) is 0 Å². The van der Waals surface area contributed by atoms with Crippen molar-refractivity contribution >= 4 is 64.8 Å². The summed E-state index contributed by atoms with van der Waals surface area (Å²) in [4.78, 5) is 46.8. The van der Waals surface area contributed by atoms with Gasteiger partial charge < -0.3 is 37.2 Å². The van der Waals surface area contributed by atoms with Crippen LogP contribution in [0.4, 0.5) is 32.3 Å². The maximum Gasteiger partial charge on any atom is 0.323 e. The molecule has 0 atom stereocenters. The van der Waals surface area contributed by atoms with Gasteiger partial charge in [0.05, 0.1) is 13.1 Å². The molecule has 0 aliphatic carbocycles. The summed E-state index contributed by atoms with van der Waals surface area (Å²) in [5, 5.41) is 20.0. The number of hydrogen-bond donors (Lipinski definition) is 7. The molecule has 5 rings (SSSR count). The molecule has 2 aliphatic heterocycles. The van der Waals surface area contributed by atoms with E-state index in [4.69, 9.17) is 0 Å². The van der Waals surface area contributed by atoms with Crippen LogP contribution >= 0.6 is 12.4 Å². The summed E-state index contributed by atoms with van der Waals surface area (Å²) >= 11 is 0. The molecule has 0 fully saturated rings. The van der Waals surface area contributed by atoms with Crippen LogP contribution < -0.4 is 37.2 Å². The monoisotopic (exact) mass is 575 g/mol. The Bertz CT molecular complexity index is 1420. The Labute approximate surface area is 242 Å². The van der Waals surface area contributed by atoms with E-state index in [0.717, 1.165) is 35.9 Å². The van der Waals surface area contributed by atoms with E-state index in [9.17, 15) is 14.4 Å². The van der Waals surface area contributed by atoms with E-state index in [1.165, 1.54) is 19.2 Å². The van der Waals surface area contributed by atoms with Crippen LogP contribution in [0.3, 0.4) is 0 Å². The van der Waals surface area contributed by atoms with Crippen molar-refractivity contribution in [3.63, 3.8) is 0 Å². The van der Waals surface area contributed by atoms with Gasteiger partial charge >= 0.3 is 12.1 Å². The second kappa shape index (κ2) is 13.3. The van der Waals surface area contributed by atoms with E-state index in [1.54, 1.807) is 18.2 Å². The minimum Gasteiger partial charge on any atom is -0.368 e. The van der Waals surface area contributed by atoms with E-state index < -0.39 is 12.1 Å². The van der Waals surface area contributed by atoms with Crippen molar-refractivity contribution in [2.75, 3.05) is 54.5 Å². The Morgan fingerprint density at radius 2 is 1.12 bits per heavy atom. The summed E-state index contributed by atoms with van der Waals surface area (Å²) in [7, 11) is 1.50. The molecule has 0 unspecified atom stereocenters. The molecule has 5 amide bonds. The van der Waals surface area contributed by atoms with Crippen molar-refractivity contribution in [3.05, 3.63) is 83.4 Å². The normalized spacial score (nSPS) is 13.4. The van der Waals surface area contributed by atoms with Gasteiger partial charge in [-0.1, -0.05) is 24.3 Å². The van der Waals surface area contributed by atoms with Crippen LogP contribution in [-0.4, -0.2) is 62.9 Å². The maximum atomic E-state index is 12.8. The number of benzene rings is 3. The van der Waals surface area contributed by atoms with Gasteiger partial charge in [-0.05, 0) is 42.5 Å². The van der Waals surface area contributed by atoms with Crippen molar-refractivity contribution < 1.29 is 14.4 Å². The Morgan fingerprint density at radius 3 is 1.54 bits per heavy atom. The number of rotatable bonds is 7. The van der Waals surface area contributed by atoms with E-state index in [1.807, 2.05) is 36.4 Å². The fraction of sp³-hybridized carbons (Fsp3) is 0.179. The molecule has 3 aromatic carbocycles. The molecule has 2 heterocycles. The lowest BCUT2D eigenvalue weighted by molar-refractivity contribution is 0.0963. The number of carbonyl (C=O) groups is 3. The standard InChI is InChI=1S/C28H29N9O3.ClH/c1-29-26(38)19-14-22(36-27(39)34-20-6-2-4-17(12-20)24-30-8-9-31-24)16-23(15-19)37-28(40)35-21-7-3-5-18(13-21)25-32-10-11-33-25;/h2-7,12-16H,8-11H2,1H3,(H,29,38)(H,30,31)(H,32,33)(H2,34,36,39)(H2,35,37,40);1H. The fourth-order valence-electron chi connectivity index (χ4n) is 4.31. The summed E-state index contributed by atoms with van der Waals surface area (Å²) in [5.74, 6) is 1.20. The van der Waals surface area contributed by atoms with E-state index in [-0.39, 0.29) is 23.9 Å². The molecule has 0 saturated carbocycles. The highest BCUT2D eigenvalue weighted by molar-refractivity contribution is 6.06. The predicted molar refractivity (Wildman–Crippen MR) is 164 cm³/mol. The highest BCUT2D eigenvalue weighted by atomic mass is 35.5. The second-order valence-corrected chi connectivity index (χ2v) is 9.01. The number of halogens is 1. The third kappa shape index (κ3) is 7.51. The summed E-state index contributed by atoms with van der Waals surface area (Å²) < 4.78 is 0. The van der Waals surface area contributed by atoms with E-state index in [2.05, 4.69) is 47.2 Å². The first-order valence-corrected chi connectivity index (χ1v) is 12.8. The van der Waals surface area contributed by atoms with Crippen molar-refractivity contribution in [2.45, 2.75) is 0 Å². The Morgan fingerprint density at radius 1 is 0.659 bits per heavy atom. The number of carbonyl (C=O) groups excluding carboxylic acids is 3. The van der Waals surface area contributed by atoms with Gasteiger partial charge in [-0.15, -0.1) is 12.4 Å². The Balaban J connectivity index is 0.00000387. The average molecular weight is 576 g/mol. The molecule has 0 bridgehead atoms. The van der Waals surface area contributed by atoms with Gasteiger partial charge in [0.25, 0.3) is 5.91 Å². The predicted octanol–water partition coefficient (Wildman–Crippen LogP) is 3.46. The number of amides is 5. The number of amidine groups is 2. The molecular weight excluding hydrogens is 546 g/mol. The Kier molecular flexibility index (Phi) is 9.38. The van der Waals surface area contributed by atoms with Crippen LogP contribution in [0.2, 0.25) is 0 Å². The lowest BCUT2D eigenvalue weighted by Gasteiger charge is -2.14. The second-order valence-electron chi connectivity index (χ2n) is 9.01. The number of nitrogens with one attached hydrogen (secondary N) is 7. The minimum atomic E-state index is -0.511. The number of nitrogens with zero attached hydrogens (tertiary/aromatic N) is 2. The smallest absolute Gasteiger partial charge is 0.323 e. The van der Waals surface area contributed by atoms with Crippen molar-refractivity contribution in [3.8, 4) is 0 Å². The number of aliphatic imine (C=N–C) groups is 2. The number of anilines is 4. The summed E-state index contributed by atoms with van der Waals surface area (Å²) in [6.07, 6.45) is 0. The van der Waals surface area contributed by atoms with Crippen LogP contribution in [0.25, 0.3) is 0 Å². The zero-order valence-electron chi connectivity index (χ0n) is 22.2. The molecular formula is C28H30ClN9O3. The van der Waals surface area contributed by atoms with Gasteiger partial charge in [-0.3, -0.25) is 14.8 Å². The molecule has 0 saturated heterocycles. The first-order valence-electron chi connectivity index (χ1n) is 12.8. The van der Waals surface area contributed by atoms with Crippen LogP contribution in [0.1, 0.15) is 21.5 Å². The van der Waals surface area contributed by atoms with Crippen molar-refractivity contribution in [1.29, 1.82) is 0 Å². The molecule has 0 radical (unpaired) electrons. The van der Waals surface area contributed by atoms with Crippen LogP contribution in [0.5, 0.6) is 0 Å². The van der Waals surface area contributed by atoms with Crippen LogP contribution in [-0.2, 0) is 0 Å². The molecule has 0 aromatic heterocycles. The van der Waals surface area contributed by atoms with Crippen LogP contribution in [0, 0.1) is 0 Å². The first-order chi connectivity index (χ1) is 19.5. The molecule has 2 aliphatic rings. The van der Waals surface area contributed by atoms with Gasteiger partial charge in [-0.25, -0.2) is 9.59 Å². The molecule has 212 valence electrons. The minimum absolute atomic E-state index is 0. The maximum absolute atomic E-state index is 12.8. The molecule has 41 heavy (non-hydrogen) atoms. The van der Waals surface area contributed by atoms with E-state index >= 15 is 0 Å². The SMILES string of the molecule is CNC(=O)c1cc(NC(=O)Nc2cccc(C3=NCCN3)c2)cc(NC(=O)Nc2cccc(C3=NCCN3)c2)c1.Cl. The topological polar surface area (TPSA) is 160 Å². The van der Waals surface area contributed by atoms with Gasteiger partial charge in [0, 0.05) is 59.6 Å². The van der Waals surface area contributed by atoms with Gasteiger partial charge in [0.1, 0.15) is 11.7 Å². The summed E-state index contributed by atoms with van der Waals surface area (Å²) in [6.45, 7) is 2.98. The molecule has 13 heteroatoms. The summed E-state index contributed by atoms with van der Waals surface area (Å²) in [6, 6.07) is 18.2. The fourth-order valence-corrected chi connectivity index (χ4v) is 4.31. The van der Waals surface area contributed by atoms with E-state index in [0.29, 0.717) is 35.8 Å². The van der Waals surface area contributed by atoms with Crippen molar-refractivity contribution in [2.24, 2.45) is 9.98 Å². The third-order valence-corrected chi connectivity index (χ3v) is 6.07. The molecule has 12 nitrogen and oxygen atoms in total. The van der Waals surface area contributed by atoms with Gasteiger partial charge in [-0.2, -0.15) is 0 Å². The summed E-state index contributed by atoms with van der Waals surface area (Å²) in [5.41, 5.74) is 3.79. The highest BCUT2D eigenvalue weighted by Crippen LogP contribution is 2.21. The lowest BCUT2D eigenvalue weighted by atomic mass is 10.1. The average Bonchev–Trinajstić information content (AvgIpc) is 3.68. The highest BCUT2D eigenvalue weighted by Gasteiger charge is 2.14. The quantitative estimate of drug-likeness (QED) is 0.229. The third-order valence-electron chi connectivity index (χ3n) is 6.07. The molecule has 7 N–H and O–H groups in total. The number of hydrogen-bond acceptors (Lipinski definition) is 7. The zero-order chi connectivity index (χ0) is 27.9. The van der Waals surface area contributed by atoms with Gasteiger partial charge in [0.2, 0.25) is 0 Å². The largest absolute Gasteiger partial charge is 0.368 e. The van der Waals surface area contributed by atoms with Crippen LogP contribution in [0.15, 0.2) is 76.7 Å². The molecule has 0 spiro atoms. The zero-order valence-corrected chi connectivity index (χ0v) is 23.0. The molecule has 3 aromatic rings. The first kappa shape index (κ1) is 28.9.